The molecule has 0 spiro atoms. The van der Waals surface area contributed by atoms with Crippen molar-refractivity contribution in [2.45, 2.75) is 33.2 Å². The highest BCUT2D eigenvalue weighted by molar-refractivity contribution is 5.28. The molecule has 0 unspecified atom stereocenters. The lowest BCUT2D eigenvalue weighted by atomic mass is 9.77. The Hall–Kier alpha value is -1.77. The topological polar surface area (TPSA) is 50.9 Å². The molecule has 0 saturated carbocycles. The van der Waals surface area contributed by atoms with Gasteiger partial charge in [-0.25, -0.2) is 0 Å². The van der Waals surface area contributed by atoms with E-state index in [4.69, 9.17) is 5.73 Å². The molecule has 0 amide bonds. The Morgan fingerprint density at radius 3 is 2.94 bits per heavy atom. The number of aromatic nitrogens is 1. The van der Waals surface area contributed by atoms with Crippen LogP contribution in [0.3, 0.4) is 0 Å². The summed E-state index contributed by atoms with van der Waals surface area (Å²) in [7, 11) is 0. The molecule has 0 radical (unpaired) electrons. The minimum atomic E-state index is 0.275. The van der Waals surface area contributed by atoms with Gasteiger partial charge in [0, 0.05) is 24.6 Å². The molecule has 1 heterocycles. The molecule has 2 rings (SSSR count). The number of allylic oxidation sites excluding steroid dienone is 3. The van der Waals surface area contributed by atoms with E-state index in [1.54, 1.807) is 12.4 Å². The Balaban J connectivity index is 2.03. The number of nitrogens with two attached hydrogens (primary N) is 1. The molecular weight excluding hydrogens is 222 g/mol. The molecule has 0 aliphatic heterocycles. The molecule has 3 nitrogen and oxygen atoms in total. The summed E-state index contributed by atoms with van der Waals surface area (Å²) in [5.41, 5.74) is 9.58. The van der Waals surface area contributed by atoms with Crippen LogP contribution in [0.4, 0.5) is 0 Å². The summed E-state index contributed by atoms with van der Waals surface area (Å²) in [5, 5.41) is 3.48. The van der Waals surface area contributed by atoms with E-state index in [2.05, 4.69) is 36.3 Å². The van der Waals surface area contributed by atoms with Crippen LogP contribution < -0.4 is 11.1 Å². The van der Waals surface area contributed by atoms with Crippen molar-refractivity contribution in [2.24, 2.45) is 11.1 Å². The quantitative estimate of drug-likeness (QED) is 0.858. The zero-order valence-electron chi connectivity index (χ0n) is 11.1. The van der Waals surface area contributed by atoms with Gasteiger partial charge in [0.05, 0.1) is 0 Å². The minimum Gasteiger partial charge on any atom is -0.404 e. The zero-order chi connectivity index (χ0) is 13.0. The van der Waals surface area contributed by atoms with E-state index in [9.17, 15) is 0 Å². The second-order valence-electron chi connectivity index (χ2n) is 5.64. The average molecular weight is 243 g/mol. The van der Waals surface area contributed by atoms with Gasteiger partial charge in [-0.05, 0) is 47.7 Å². The smallest absolute Gasteiger partial charge is 0.0413 e. The van der Waals surface area contributed by atoms with Gasteiger partial charge in [0.1, 0.15) is 0 Å². The summed E-state index contributed by atoms with van der Waals surface area (Å²) in [6.45, 7) is 5.36. The number of nitrogens with one attached hydrogen (secondary N) is 1. The van der Waals surface area contributed by atoms with Crippen molar-refractivity contribution >= 4 is 0 Å². The number of pyridine rings is 1. The Morgan fingerprint density at radius 2 is 2.28 bits per heavy atom. The van der Waals surface area contributed by atoms with Gasteiger partial charge in [0.25, 0.3) is 0 Å². The third-order valence-electron chi connectivity index (χ3n) is 3.17. The number of rotatable bonds is 3. The highest BCUT2D eigenvalue weighted by Gasteiger charge is 2.25. The van der Waals surface area contributed by atoms with Gasteiger partial charge in [-0.2, -0.15) is 0 Å². The summed E-state index contributed by atoms with van der Waals surface area (Å²) in [6, 6.07) is 4.04. The van der Waals surface area contributed by atoms with Crippen LogP contribution in [-0.4, -0.2) is 4.98 Å². The van der Waals surface area contributed by atoms with Crippen LogP contribution >= 0.6 is 0 Å². The Morgan fingerprint density at radius 1 is 1.44 bits per heavy atom. The molecule has 0 atom stereocenters. The molecule has 3 N–H and O–H groups in total. The van der Waals surface area contributed by atoms with E-state index in [1.165, 1.54) is 16.8 Å². The van der Waals surface area contributed by atoms with Gasteiger partial charge in [-0.3, -0.25) is 4.98 Å². The van der Waals surface area contributed by atoms with E-state index in [-0.39, 0.29) is 5.41 Å². The first-order valence-corrected chi connectivity index (χ1v) is 6.33. The van der Waals surface area contributed by atoms with Crippen LogP contribution in [0.25, 0.3) is 0 Å². The molecule has 0 bridgehead atoms. The summed E-state index contributed by atoms with van der Waals surface area (Å²) >= 11 is 0. The van der Waals surface area contributed by atoms with Crippen molar-refractivity contribution in [3.05, 3.63) is 53.6 Å². The van der Waals surface area contributed by atoms with Crippen LogP contribution in [0.2, 0.25) is 0 Å². The molecule has 0 saturated heterocycles. The van der Waals surface area contributed by atoms with Gasteiger partial charge in [0.2, 0.25) is 0 Å². The van der Waals surface area contributed by atoms with Crippen molar-refractivity contribution in [3.8, 4) is 0 Å². The first-order chi connectivity index (χ1) is 8.59. The van der Waals surface area contributed by atoms with Crippen molar-refractivity contribution in [3.63, 3.8) is 0 Å². The second kappa shape index (κ2) is 5.25. The molecule has 3 heteroatoms. The minimum absolute atomic E-state index is 0.275. The molecule has 1 aliphatic rings. The van der Waals surface area contributed by atoms with E-state index in [0.29, 0.717) is 0 Å². The molecule has 18 heavy (non-hydrogen) atoms. The predicted molar refractivity (Wildman–Crippen MR) is 74.4 cm³/mol. The van der Waals surface area contributed by atoms with E-state index < -0.39 is 0 Å². The maximum atomic E-state index is 5.65. The average Bonchev–Trinajstić information content (AvgIpc) is 2.36. The number of nitrogens with zero attached hydrogens (tertiary/aromatic N) is 1. The lowest BCUT2D eigenvalue weighted by Crippen LogP contribution is -2.25. The molecule has 1 aromatic rings. The second-order valence-corrected chi connectivity index (χ2v) is 5.64. The van der Waals surface area contributed by atoms with E-state index in [0.717, 1.165) is 19.4 Å². The van der Waals surface area contributed by atoms with Crippen LogP contribution in [0.1, 0.15) is 32.3 Å². The highest BCUT2D eigenvalue weighted by Crippen LogP contribution is 2.36. The normalized spacial score (nSPS) is 20.6. The predicted octanol–water partition coefficient (Wildman–Crippen LogP) is 2.72. The Bertz CT molecular complexity index is 458. The summed E-state index contributed by atoms with van der Waals surface area (Å²) in [6.07, 6.45) is 9.67. The van der Waals surface area contributed by atoms with E-state index in [1.807, 2.05) is 12.3 Å². The zero-order valence-corrected chi connectivity index (χ0v) is 11.1. The Kier molecular flexibility index (Phi) is 3.70. The van der Waals surface area contributed by atoms with Gasteiger partial charge in [-0.15, -0.1) is 0 Å². The molecule has 0 aromatic carbocycles. The lowest BCUT2D eigenvalue weighted by Gasteiger charge is -2.31. The maximum Gasteiger partial charge on any atom is 0.0413 e. The SMILES string of the molecule is CC1(C)CC(NCc2cccnc2)=C/C(=C/N)C1. The molecule has 1 aromatic heterocycles. The monoisotopic (exact) mass is 243 g/mol. The van der Waals surface area contributed by atoms with Crippen LogP contribution in [0.15, 0.2) is 48.1 Å². The Labute approximate surface area is 109 Å². The van der Waals surface area contributed by atoms with Crippen molar-refractivity contribution < 1.29 is 0 Å². The summed E-state index contributed by atoms with van der Waals surface area (Å²) in [4.78, 5) is 4.12. The fourth-order valence-electron chi connectivity index (χ4n) is 2.40. The number of hydrogen-bond acceptors (Lipinski definition) is 3. The highest BCUT2D eigenvalue weighted by atomic mass is 14.9. The van der Waals surface area contributed by atoms with Crippen LogP contribution in [0, 0.1) is 5.41 Å². The third kappa shape index (κ3) is 3.36. The first-order valence-electron chi connectivity index (χ1n) is 6.33. The molecule has 0 fully saturated rings. The standard InChI is InChI=1S/C15H21N3/c1-15(2)7-13(9-16)6-14(8-15)18-11-12-4-3-5-17-10-12/h3-6,9-10,18H,7-8,11,16H2,1-2H3/b13-9-. The first kappa shape index (κ1) is 12.7. The van der Waals surface area contributed by atoms with E-state index >= 15 is 0 Å². The lowest BCUT2D eigenvalue weighted by molar-refractivity contribution is 0.341. The fourth-order valence-corrected chi connectivity index (χ4v) is 2.40. The third-order valence-corrected chi connectivity index (χ3v) is 3.17. The van der Waals surface area contributed by atoms with Gasteiger partial charge < -0.3 is 11.1 Å². The van der Waals surface area contributed by atoms with Gasteiger partial charge in [0.15, 0.2) is 0 Å². The molecule has 96 valence electrons. The number of hydrogen-bond donors (Lipinski definition) is 2. The van der Waals surface area contributed by atoms with Crippen LogP contribution in [0.5, 0.6) is 0 Å². The summed E-state index contributed by atoms with van der Waals surface area (Å²) in [5.74, 6) is 0. The van der Waals surface area contributed by atoms with Gasteiger partial charge >= 0.3 is 0 Å². The van der Waals surface area contributed by atoms with Gasteiger partial charge in [-0.1, -0.05) is 19.9 Å². The van der Waals surface area contributed by atoms with Crippen molar-refractivity contribution in [2.75, 3.05) is 0 Å². The summed E-state index contributed by atoms with van der Waals surface area (Å²) < 4.78 is 0. The fraction of sp³-hybridized carbons (Fsp3) is 0.400. The molecular formula is C15H21N3. The molecule has 1 aliphatic carbocycles. The van der Waals surface area contributed by atoms with Crippen molar-refractivity contribution in [1.29, 1.82) is 0 Å². The van der Waals surface area contributed by atoms with Crippen LogP contribution in [-0.2, 0) is 6.54 Å². The van der Waals surface area contributed by atoms with Crippen molar-refractivity contribution in [1.82, 2.24) is 10.3 Å². The largest absolute Gasteiger partial charge is 0.404 e. The maximum absolute atomic E-state index is 5.65.